The third-order valence-electron chi connectivity index (χ3n) is 2.44. The Balaban J connectivity index is 2.67. The van der Waals surface area contributed by atoms with E-state index in [9.17, 15) is 9.59 Å². The summed E-state index contributed by atoms with van der Waals surface area (Å²) in [6.07, 6.45) is 1.56. The molecular formula is C11H13N3O3. The van der Waals surface area contributed by atoms with E-state index in [1.807, 2.05) is 6.92 Å². The summed E-state index contributed by atoms with van der Waals surface area (Å²) in [7, 11) is 0. The molecule has 0 saturated heterocycles. The molecule has 0 aromatic carbocycles. The predicted molar refractivity (Wildman–Crippen MR) is 62.0 cm³/mol. The van der Waals surface area contributed by atoms with Gasteiger partial charge in [0.2, 0.25) is 5.56 Å². The molecule has 0 aliphatic carbocycles. The van der Waals surface area contributed by atoms with Crippen molar-refractivity contribution in [3.05, 3.63) is 28.2 Å². The summed E-state index contributed by atoms with van der Waals surface area (Å²) >= 11 is 0. The maximum atomic E-state index is 11.7. The van der Waals surface area contributed by atoms with Gasteiger partial charge in [-0.3, -0.25) is 4.79 Å². The number of carbonyl (C=O) groups is 1. The van der Waals surface area contributed by atoms with Gasteiger partial charge in [0.15, 0.2) is 0 Å². The molecule has 17 heavy (non-hydrogen) atoms. The molecule has 0 unspecified atom stereocenters. The highest BCUT2D eigenvalue weighted by atomic mass is 16.5. The standard InChI is InChI=1S/C11H13N3O3/c1-3-14-10-8(6-12-14)7(5-9(15)13-10)11(16)17-4-2/h5-6H,3-4H2,1-2H3,(H,13,15). The summed E-state index contributed by atoms with van der Waals surface area (Å²) in [5.41, 5.74) is 0.462. The molecule has 2 rings (SSSR count). The third-order valence-corrected chi connectivity index (χ3v) is 2.44. The first-order valence-corrected chi connectivity index (χ1v) is 5.43. The van der Waals surface area contributed by atoms with Crippen LogP contribution in [-0.4, -0.2) is 27.3 Å². The molecule has 6 heteroatoms. The molecule has 0 atom stereocenters. The number of hydrogen-bond donors (Lipinski definition) is 1. The Morgan fingerprint density at radius 3 is 2.94 bits per heavy atom. The minimum absolute atomic E-state index is 0.255. The zero-order valence-electron chi connectivity index (χ0n) is 9.69. The van der Waals surface area contributed by atoms with E-state index in [0.29, 0.717) is 17.6 Å². The maximum absolute atomic E-state index is 11.7. The van der Waals surface area contributed by atoms with Crippen molar-refractivity contribution >= 4 is 17.0 Å². The molecule has 0 radical (unpaired) electrons. The minimum Gasteiger partial charge on any atom is -0.462 e. The second kappa shape index (κ2) is 4.40. The number of aryl methyl sites for hydroxylation is 1. The van der Waals surface area contributed by atoms with E-state index >= 15 is 0 Å². The molecule has 6 nitrogen and oxygen atoms in total. The summed E-state index contributed by atoms with van der Waals surface area (Å²) in [5, 5.41) is 4.70. The largest absolute Gasteiger partial charge is 0.462 e. The van der Waals surface area contributed by atoms with Crippen molar-refractivity contribution in [3.63, 3.8) is 0 Å². The molecule has 0 spiro atoms. The van der Waals surface area contributed by atoms with Gasteiger partial charge >= 0.3 is 5.97 Å². The van der Waals surface area contributed by atoms with E-state index in [-0.39, 0.29) is 17.7 Å². The highest BCUT2D eigenvalue weighted by Gasteiger charge is 2.15. The van der Waals surface area contributed by atoms with E-state index in [4.69, 9.17) is 4.74 Å². The third kappa shape index (κ3) is 1.93. The van der Waals surface area contributed by atoms with Gasteiger partial charge in [0.05, 0.1) is 23.8 Å². The fourth-order valence-corrected chi connectivity index (χ4v) is 1.69. The molecule has 2 aromatic rings. The Morgan fingerprint density at radius 1 is 1.53 bits per heavy atom. The van der Waals surface area contributed by atoms with Crippen LogP contribution in [0.4, 0.5) is 0 Å². The van der Waals surface area contributed by atoms with Crippen molar-refractivity contribution in [1.29, 1.82) is 0 Å². The predicted octanol–water partition coefficient (Wildman–Crippen LogP) is 0.921. The van der Waals surface area contributed by atoms with E-state index in [0.717, 1.165) is 0 Å². The second-order valence-electron chi connectivity index (χ2n) is 3.49. The minimum atomic E-state index is -0.501. The number of hydrogen-bond acceptors (Lipinski definition) is 4. The topological polar surface area (TPSA) is 77.0 Å². The molecule has 2 heterocycles. The Morgan fingerprint density at radius 2 is 2.29 bits per heavy atom. The Bertz CT molecular complexity index is 612. The number of aromatic amines is 1. The lowest BCUT2D eigenvalue weighted by atomic mass is 10.2. The summed E-state index contributed by atoms with van der Waals surface area (Å²) in [6, 6.07) is 1.24. The number of nitrogens with one attached hydrogen (secondary N) is 1. The Hall–Kier alpha value is -2.11. The quantitative estimate of drug-likeness (QED) is 0.802. The summed E-state index contributed by atoms with van der Waals surface area (Å²) in [6.45, 7) is 4.51. The van der Waals surface area contributed by atoms with Crippen LogP contribution in [0.25, 0.3) is 11.0 Å². The number of carbonyl (C=O) groups excluding carboxylic acids is 1. The number of ether oxygens (including phenoxy) is 1. The highest BCUT2D eigenvalue weighted by Crippen LogP contribution is 2.15. The van der Waals surface area contributed by atoms with E-state index in [1.165, 1.54) is 6.07 Å². The molecule has 2 aromatic heterocycles. The summed E-state index contributed by atoms with van der Waals surface area (Å²) < 4.78 is 6.53. The Labute approximate surface area is 97.2 Å². The normalized spacial score (nSPS) is 10.7. The monoisotopic (exact) mass is 235 g/mol. The van der Waals surface area contributed by atoms with Crippen LogP contribution in [0.3, 0.4) is 0 Å². The van der Waals surface area contributed by atoms with E-state index in [2.05, 4.69) is 10.1 Å². The maximum Gasteiger partial charge on any atom is 0.339 e. The van der Waals surface area contributed by atoms with Crippen LogP contribution in [0.5, 0.6) is 0 Å². The van der Waals surface area contributed by atoms with Crippen LogP contribution in [0, 0.1) is 0 Å². The van der Waals surface area contributed by atoms with Gasteiger partial charge in [0.1, 0.15) is 5.65 Å². The number of pyridine rings is 1. The van der Waals surface area contributed by atoms with Gasteiger partial charge in [-0.25, -0.2) is 9.48 Å². The van der Waals surface area contributed by atoms with Gasteiger partial charge in [-0.1, -0.05) is 0 Å². The molecule has 0 fully saturated rings. The molecule has 90 valence electrons. The molecule has 0 amide bonds. The lowest BCUT2D eigenvalue weighted by molar-refractivity contribution is 0.0528. The van der Waals surface area contributed by atoms with Crippen LogP contribution in [0.15, 0.2) is 17.1 Å². The molecule has 0 aliphatic rings. The van der Waals surface area contributed by atoms with Gasteiger partial charge in [-0.2, -0.15) is 5.10 Å². The average molecular weight is 235 g/mol. The highest BCUT2D eigenvalue weighted by molar-refractivity contribution is 6.02. The average Bonchev–Trinajstić information content (AvgIpc) is 2.71. The number of H-pyrrole nitrogens is 1. The second-order valence-corrected chi connectivity index (χ2v) is 3.49. The molecule has 0 bridgehead atoms. The lowest BCUT2D eigenvalue weighted by Crippen LogP contribution is -2.13. The van der Waals surface area contributed by atoms with Crippen molar-refractivity contribution < 1.29 is 9.53 Å². The van der Waals surface area contributed by atoms with Gasteiger partial charge < -0.3 is 9.72 Å². The lowest BCUT2D eigenvalue weighted by Gasteiger charge is -2.03. The smallest absolute Gasteiger partial charge is 0.339 e. The van der Waals surface area contributed by atoms with Crippen LogP contribution in [-0.2, 0) is 11.3 Å². The Kier molecular flexibility index (Phi) is 2.95. The molecule has 0 aliphatic heterocycles. The summed E-state index contributed by atoms with van der Waals surface area (Å²) in [5.74, 6) is -0.501. The summed E-state index contributed by atoms with van der Waals surface area (Å²) in [4.78, 5) is 25.8. The first kappa shape index (κ1) is 11.4. The van der Waals surface area contributed by atoms with Crippen molar-refractivity contribution in [1.82, 2.24) is 14.8 Å². The fourth-order valence-electron chi connectivity index (χ4n) is 1.69. The molecule has 0 saturated carbocycles. The number of nitrogens with zero attached hydrogens (tertiary/aromatic N) is 2. The number of rotatable bonds is 3. The number of fused-ring (bicyclic) bond motifs is 1. The fraction of sp³-hybridized carbons (Fsp3) is 0.364. The molecular weight excluding hydrogens is 222 g/mol. The zero-order valence-corrected chi connectivity index (χ0v) is 9.69. The van der Waals surface area contributed by atoms with Crippen molar-refractivity contribution in [3.8, 4) is 0 Å². The van der Waals surface area contributed by atoms with Gasteiger partial charge in [0, 0.05) is 12.6 Å². The number of esters is 1. The zero-order chi connectivity index (χ0) is 12.4. The van der Waals surface area contributed by atoms with Crippen molar-refractivity contribution in [2.45, 2.75) is 20.4 Å². The van der Waals surface area contributed by atoms with Crippen LogP contribution >= 0.6 is 0 Å². The van der Waals surface area contributed by atoms with Crippen LogP contribution in [0.2, 0.25) is 0 Å². The van der Waals surface area contributed by atoms with Crippen molar-refractivity contribution in [2.75, 3.05) is 6.61 Å². The first-order chi connectivity index (χ1) is 8.17. The van der Waals surface area contributed by atoms with Crippen LogP contribution in [0.1, 0.15) is 24.2 Å². The first-order valence-electron chi connectivity index (χ1n) is 5.43. The van der Waals surface area contributed by atoms with Crippen molar-refractivity contribution in [2.24, 2.45) is 0 Å². The van der Waals surface area contributed by atoms with Gasteiger partial charge in [0.25, 0.3) is 0 Å². The van der Waals surface area contributed by atoms with Gasteiger partial charge in [-0.15, -0.1) is 0 Å². The van der Waals surface area contributed by atoms with Gasteiger partial charge in [-0.05, 0) is 13.8 Å². The number of aromatic nitrogens is 3. The van der Waals surface area contributed by atoms with E-state index < -0.39 is 5.97 Å². The molecule has 1 N–H and O–H groups in total. The SMILES string of the molecule is CCOC(=O)c1cc(=O)[nH]c2c1cnn2CC. The van der Waals surface area contributed by atoms with Crippen LogP contribution < -0.4 is 5.56 Å². The van der Waals surface area contributed by atoms with E-state index in [1.54, 1.807) is 17.8 Å².